The molecule has 0 aliphatic rings. The van der Waals surface area contributed by atoms with Crippen molar-refractivity contribution in [1.29, 1.82) is 0 Å². The maximum Gasteiger partial charge on any atom is 0.0548 e. The number of rotatable bonds is 9. The molecule has 12 aromatic rings. The zero-order chi connectivity index (χ0) is 41.7. The molecule has 0 bridgehead atoms. The van der Waals surface area contributed by atoms with Crippen molar-refractivity contribution in [2.24, 2.45) is 0 Å². The number of fused-ring (bicyclic) bond motifs is 1. The Hall–Kier alpha value is -7.85. The van der Waals surface area contributed by atoms with Gasteiger partial charge in [-0.05, 0) is 130 Å². The van der Waals surface area contributed by atoms with Crippen molar-refractivity contribution in [2.75, 3.05) is 4.90 Å². The molecule has 0 saturated carbocycles. The molecule has 63 heavy (non-hydrogen) atoms. The molecule has 0 amide bonds. The Balaban J connectivity index is 1.06. The maximum atomic E-state index is 2.45. The van der Waals surface area contributed by atoms with Crippen LogP contribution in [0.2, 0.25) is 0 Å². The lowest BCUT2D eigenvalue weighted by atomic mass is 9.99. The normalized spacial score (nSPS) is 12.1. The van der Waals surface area contributed by atoms with E-state index in [0.717, 1.165) is 22.7 Å². The number of aromatic nitrogens is 1. The number of hydrogen-bond acceptors (Lipinski definition) is 1. The lowest BCUT2D eigenvalue weighted by molar-refractivity contribution is 1.18. The summed E-state index contributed by atoms with van der Waals surface area (Å²) in [6.07, 6.45) is 0. The molecule has 1 heterocycles. The molecule has 0 spiro atoms. The van der Waals surface area contributed by atoms with Gasteiger partial charge in [0, 0.05) is 52.8 Å². The fourth-order valence-corrected chi connectivity index (χ4v) is 13.7. The van der Waals surface area contributed by atoms with Crippen LogP contribution >= 0.6 is 10.0 Å². The lowest BCUT2D eigenvalue weighted by Gasteiger charge is -2.42. The van der Waals surface area contributed by atoms with Crippen LogP contribution in [0.3, 0.4) is 0 Å². The molecule has 0 aliphatic heterocycles. The van der Waals surface area contributed by atoms with Gasteiger partial charge in [0.05, 0.1) is 16.7 Å². The van der Waals surface area contributed by atoms with Gasteiger partial charge in [-0.2, -0.15) is 0 Å². The number of para-hydroxylation sites is 1. The first kappa shape index (κ1) is 37.0. The predicted molar refractivity (Wildman–Crippen MR) is 267 cm³/mol. The maximum absolute atomic E-state index is 2.45. The topological polar surface area (TPSA) is 8.17 Å². The molecular weight excluding hydrogens is 781 g/mol. The highest BCUT2D eigenvalue weighted by Crippen LogP contribution is 2.73. The summed E-state index contributed by atoms with van der Waals surface area (Å²) in [7, 11) is -1.82. The minimum Gasteiger partial charge on any atom is -0.310 e. The Kier molecular flexibility index (Phi) is 8.95. The van der Waals surface area contributed by atoms with E-state index in [1.807, 2.05) is 0 Å². The van der Waals surface area contributed by atoms with Crippen LogP contribution in [0.15, 0.2) is 274 Å². The van der Waals surface area contributed by atoms with Crippen molar-refractivity contribution in [3.8, 4) is 16.8 Å². The average molecular weight is 823 g/mol. The van der Waals surface area contributed by atoms with Gasteiger partial charge in [0.2, 0.25) is 0 Å². The second kappa shape index (κ2) is 15.3. The third kappa shape index (κ3) is 6.04. The van der Waals surface area contributed by atoms with E-state index in [1.54, 1.807) is 0 Å². The van der Waals surface area contributed by atoms with Crippen LogP contribution in [0.25, 0.3) is 60.2 Å². The van der Waals surface area contributed by atoms with Crippen LogP contribution in [0.5, 0.6) is 0 Å². The van der Waals surface area contributed by atoms with Crippen molar-refractivity contribution < 1.29 is 0 Å². The fraction of sp³-hybridized carbons (Fsp3) is 0. The second-order valence-corrected chi connectivity index (χ2v) is 19.2. The third-order valence-corrected chi connectivity index (χ3v) is 16.5. The number of anilines is 3. The molecule has 1 aromatic heterocycles. The zero-order valence-electron chi connectivity index (χ0n) is 34.6. The van der Waals surface area contributed by atoms with Crippen molar-refractivity contribution in [1.82, 2.24) is 4.57 Å². The van der Waals surface area contributed by atoms with Crippen molar-refractivity contribution in [2.45, 2.75) is 19.6 Å². The molecule has 0 radical (unpaired) electrons. The quantitative estimate of drug-likeness (QED) is 0.132. The van der Waals surface area contributed by atoms with Gasteiger partial charge in [0.15, 0.2) is 0 Å². The van der Waals surface area contributed by atoms with Crippen LogP contribution in [0, 0.1) is 0 Å². The highest BCUT2D eigenvalue weighted by Gasteiger charge is 2.33. The minimum atomic E-state index is -1.82. The second-order valence-electron chi connectivity index (χ2n) is 16.1. The molecule has 11 aromatic carbocycles. The molecule has 298 valence electrons. The van der Waals surface area contributed by atoms with Crippen molar-refractivity contribution >= 4 is 70.4 Å². The molecule has 0 atom stereocenters. The van der Waals surface area contributed by atoms with Crippen molar-refractivity contribution in [3.63, 3.8) is 0 Å². The van der Waals surface area contributed by atoms with E-state index in [1.165, 1.54) is 74.1 Å². The van der Waals surface area contributed by atoms with Crippen molar-refractivity contribution in [3.05, 3.63) is 255 Å². The summed E-state index contributed by atoms with van der Waals surface area (Å²) in [5, 5.41) is 7.44. The van der Waals surface area contributed by atoms with E-state index in [2.05, 4.69) is 264 Å². The molecular formula is C60H42N2S. The van der Waals surface area contributed by atoms with Gasteiger partial charge in [-0.15, -0.1) is 10.0 Å². The first-order valence-corrected chi connectivity index (χ1v) is 23.2. The van der Waals surface area contributed by atoms with E-state index < -0.39 is 10.0 Å². The molecule has 0 unspecified atom stereocenters. The summed E-state index contributed by atoms with van der Waals surface area (Å²) in [5.41, 5.74) is 9.34. The molecule has 0 fully saturated rings. The molecule has 12 rings (SSSR count). The average Bonchev–Trinajstić information content (AvgIpc) is 3.71. The summed E-state index contributed by atoms with van der Waals surface area (Å²) in [4.78, 5) is 7.72. The predicted octanol–water partition coefficient (Wildman–Crippen LogP) is 17.0. The van der Waals surface area contributed by atoms with Gasteiger partial charge in [-0.1, -0.05) is 152 Å². The Morgan fingerprint density at radius 2 is 0.841 bits per heavy atom. The van der Waals surface area contributed by atoms with E-state index in [-0.39, 0.29) is 0 Å². The molecule has 0 aliphatic carbocycles. The number of nitrogens with zero attached hydrogens (tertiary/aromatic N) is 2. The smallest absolute Gasteiger partial charge is 0.0548 e. The molecule has 0 N–H and O–H groups in total. The summed E-state index contributed by atoms with van der Waals surface area (Å²) >= 11 is 0. The van der Waals surface area contributed by atoms with Gasteiger partial charge in [-0.25, -0.2) is 0 Å². The van der Waals surface area contributed by atoms with E-state index >= 15 is 0 Å². The van der Waals surface area contributed by atoms with E-state index in [9.17, 15) is 0 Å². The van der Waals surface area contributed by atoms with Crippen LogP contribution < -0.4 is 4.90 Å². The number of benzene rings is 11. The van der Waals surface area contributed by atoms with Gasteiger partial charge < -0.3 is 9.47 Å². The summed E-state index contributed by atoms with van der Waals surface area (Å²) in [6, 6.07) is 93.8. The SMILES string of the molecule is c1ccc(-c2ccc(N(c3ccc4cc(S(c5ccccc5)(c5ccccc5)c5ccccc5)ccc4c3)c3ccc4c5c3ccc3cccc(c35)n4-c3ccccc3)cc2)cc1. The first-order chi connectivity index (χ1) is 31.3. The molecule has 0 saturated heterocycles. The van der Waals surface area contributed by atoms with E-state index in [4.69, 9.17) is 0 Å². The lowest BCUT2D eigenvalue weighted by Crippen LogP contribution is -2.10. The Labute approximate surface area is 369 Å². The highest BCUT2D eigenvalue weighted by molar-refractivity contribution is 8.34. The molecule has 2 nitrogen and oxygen atoms in total. The summed E-state index contributed by atoms with van der Waals surface area (Å²) in [5.74, 6) is 0. The summed E-state index contributed by atoms with van der Waals surface area (Å²) in [6.45, 7) is 0. The number of hydrogen-bond donors (Lipinski definition) is 0. The monoisotopic (exact) mass is 822 g/mol. The summed E-state index contributed by atoms with van der Waals surface area (Å²) < 4.78 is 2.42. The third-order valence-electron chi connectivity index (χ3n) is 12.6. The Bertz CT molecular complexity index is 3430. The largest absolute Gasteiger partial charge is 0.310 e. The van der Waals surface area contributed by atoms with E-state index in [0.29, 0.717) is 0 Å². The molecule has 3 heteroatoms. The minimum absolute atomic E-state index is 1.10. The standard InChI is InChI=1S/C60H42N2S/c1-6-17-43(18-7-1)44-29-34-49(35-30-44)61(56-39-40-58-60-55(56)38-33-45-19-16-28-57(59(45)60)62(58)48-20-8-2-9-21-48)50-36-31-47-42-54(37-32-46(47)41-50)63(51-22-10-3-11-23-51,52-24-12-4-13-25-52)53-26-14-5-15-27-53/h1-42H. The van der Waals surface area contributed by atoms with Crippen LogP contribution in [0.1, 0.15) is 0 Å². The van der Waals surface area contributed by atoms with Gasteiger partial charge in [0.1, 0.15) is 0 Å². The van der Waals surface area contributed by atoms with Crippen LogP contribution in [-0.2, 0) is 0 Å². The van der Waals surface area contributed by atoms with Gasteiger partial charge >= 0.3 is 0 Å². The van der Waals surface area contributed by atoms with Gasteiger partial charge in [0.25, 0.3) is 0 Å². The van der Waals surface area contributed by atoms with Crippen LogP contribution in [-0.4, -0.2) is 4.57 Å². The zero-order valence-corrected chi connectivity index (χ0v) is 35.4. The Morgan fingerprint density at radius 1 is 0.317 bits per heavy atom. The first-order valence-electron chi connectivity index (χ1n) is 21.6. The van der Waals surface area contributed by atoms with Gasteiger partial charge in [-0.3, -0.25) is 0 Å². The Morgan fingerprint density at radius 3 is 1.49 bits per heavy atom. The highest BCUT2D eigenvalue weighted by atomic mass is 32.3. The van der Waals surface area contributed by atoms with Crippen LogP contribution in [0.4, 0.5) is 17.1 Å². The fourth-order valence-electron chi connectivity index (χ4n) is 9.81.